The van der Waals surface area contributed by atoms with Crippen molar-refractivity contribution in [3.05, 3.63) is 54.1 Å². The third kappa shape index (κ3) is 6.56. The summed E-state index contributed by atoms with van der Waals surface area (Å²) in [5.41, 5.74) is 7.03. The van der Waals surface area contributed by atoms with Crippen LogP contribution in [0.2, 0.25) is 0 Å². The van der Waals surface area contributed by atoms with Crippen LogP contribution < -0.4 is 20.1 Å². The van der Waals surface area contributed by atoms with Crippen LogP contribution in [0, 0.1) is 0 Å². The van der Waals surface area contributed by atoms with Crippen molar-refractivity contribution in [2.75, 3.05) is 51.3 Å². The summed E-state index contributed by atoms with van der Waals surface area (Å²) in [4.78, 5) is 15.5. The zero-order chi connectivity index (χ0) is 21.2. The number of para-hydroxylation sites is 2. The van der Waals surface area contributed by atoms with Gasteiger partial charge in [0.25, 0.3) is 0 Å². The SMILES string of the molecule is COc1ccccc1N1CCN(CCCCOc2ccc(COC(N)=O)cc2)CC1. The number of rotatable bonds is 10. The average molecular weight is 414 g/mol. The molecule has 3 rings (SSSR count). The number of amides is 1. The van der Waals surface area contributed by atoms with Gasteiger partial charge in [0, 0.05) is 26.2 Å². The summed E-state index contributed by atoms with van der Waals surface area (Å²) in [6, 6.07) is 15.7. The number of carbonyl (C=O) groups excluding carboxylic acids is 1. The molecule has 1 aliphatic heterocycles. The summed E-state index contributed by atoms with van der Waals surface area (Å²) in [5, 5.41) is 0. The fraction of sp³-hybridized carbons (Fsp3) is 0.435. The van der Waals surface area contributed by atoms with Crippen molar-refractivity contribution in [1.29, 1.82) is 0 Å². The fourth-order valence-corrected chi connectivity index (χ4v) is 3.57. The lowest BCUT2D eigenvalue weighted by molar-refractivity contribution is 0.150. The Balaban J connectivity index is 1.30. The monoisotopic (exact) mass is 413 g/mol. The predicted molar refractivity (Wildman–Crippen MR) is 117 cm³/mol. The lowest BCUT2D eigenvalue weighted by atomic mass is 10.2. The van der Waals surface area contributed by atoms with E-state index in [1.165, 1.54) is 5.69 Å². The highest BCUT2D eigenvalue weighted by molar-refractivity contribution is 5.64. The number of unbranched alkanes of at least 4 members (excludes halogenated alkanes) is 1. The van der Waals surface area contributed by atoms with Gasteiger partial charge in [-0.05, 0) is 49.2 Å². The van der Waals surface area contributed by atoms with Crippen LogP contribution in [0.4, 0.5) is 10.5 Å². The third-order valence-electron chi connectivity index (χ3n) is 5.24. The highest BCUT2D eigenvalue weighted by atomic mass is 16.5. The normalized spacial score (nSPS) is 14.4. The molecule has 7 heteroatoms. The van der Waals surface area contributed by atoms with E-state index in [0.717, 1.165) is 62.6 Å². The van der Waals surface area contributed by atoms with Crippen LogP contribution in [0.25, 0.3) is 0 Å². The average Bonchev–Trinajstić information content (AvgIpc) is 2.78. The number of nitrogens with two attached hydrogens (primary N) is 1. The molecule has 0 radical (unpaired) electrons. The van der Waals surface area contributed by atoms with Gasteiger partial charge in [-0.15, -0.1) is 0 Å². The quantitative estimate of drug-likeness (QED) is 0.603. The fourth-order valence-electron chi connectivity index (χ4n) is 3.57. The van der Waals surface area contributed by atoms with Gasteiger partial charge < -0.3 is 24.8 Å². The number of ether oxygens (including phenoxy) is 3. The summed E-state index contributed by atoms with van der Waals surface area (Å²) in [5.74, 6) is 1.76. The smallest absolute Gasteiger partial charge is 0.404 e. The van der Waals surface area contributed by atoms with Crippen molar-refractivity contribution < 1.29 is 19.0 Å². The summed E-state index contributed by atoms with van der Waals surface area (Å²) in [7, 11) is 1.73. The maximum atomic E-state index is 10.6. The zero-order valence-corrected chi connectivity index (χ0v) is 17.6. The van der Waals surface area contributed by atoms with E-state index in [-0.39, 0.29) is 6.61 Å². The summed E-state index contributed by atoms with van der Waals surface area (Å²) in [6.45, 7) is 6.12. The Labute approximate surface area is 178 Å². The van der Waals surface area contributed by atoms with Gasteiger partial charge in [0.05, 0.1) is 19.4 Å². The van der Waals surface area contributed by atoms with Crippen molar-refractivity contribution in [3.8, 4) is 11.5 Å². The number of benzene rings is 2. The second-order valence-electron chi connectivity index (χ2n) is 7.31. The van der Waals surface area contributed by atoms with Crippen molar-refractivity contribution in [3.63, 3.8) is 0 Å². The lowest BCUT2D eigenvalue weighted by Crippen LogP contribution is -2.46. The van der Waals surface area contributed by atoms with Crippen molar-refractivity contribution in [2.24, 2.45) is 5.73 Å². The van der Waals surface area contributed by atoms with Crippen molar-refractivity contribution >= 4 is 11.8 Å². The number of hydrogen-bond acceptors (Lipinski definition) is 6. The van der Waals surface area contributed by atoms with Gasteiger partial charge in [-0.1, -0.05) is 24.3 Å². The molecule has 1 amide bonds. The molecule has 162 valence electrons. The maximum absolute atomic E-state index is 10.6. The Morgan fingerprint density at radius 2 is 1.73 bits per heavy atom. The molecule has 0 saturated carbocycles. The summed E-state index contributed by atoms with van der Waals surface area (Å²) < 4.78 is 16.1. The Morgan fingerprint density at radius 3 is 2.43 bits per heavy atom. The Morgan fingerprint density at radius 1 is 1.00 bits per heavy atom. The topological polar surface area (TPSA) is 77.3 Å². The molecule has 0 atom stereocenters. The van der Waals surface area contributed by atoms with Crippen LogP contribution in [0.15, 0.2) is 48.5 Å². The molecule has 1 fully saturated rings. The van der Waals surface area contributed by atoms with E-state index in [1.807, 2.05) is 36.4 Å². The Kier molecular flexibility index (Phi) is 8.20. The zero-order valence-electron chi connectivity index (χ0n) is 17.6. The highest BCUT2D eigenvalue weighted by Gasteiger charge is 2.18. The van der Waals surface area contributed by atoms with Crippen LogP contribution in [0.1, 0.15) is 18.4 Å². The lowest BCUT2D eigenvalue weighted by Gasteiger charge is -2.36. The minimum absolute atomic E-state index is 0.180. The molecule has 1 saturated heterocycles. The second kappa shape index (κ2) is 11.3. The first kappa shape index (κ1) is 21.8. The van der Waals surface area contributed by atoms with E-state index in [0.29, 0.717) is 6.61 Å². The molecule has 2 N–H and O–H groups in total. The molecule has 2 aromatic carbocycles. The molecule has 1 heterocycles. The third-order valence-corrected chi connectivity index (χ3v) is 5.24. The Bertz CT molecular complexity index is 789. The molecule has 2 aromatic rings. The molecule has 0 bridgehead atoms. The van der Waals surface area contributed by atoms with Gasteiger partial charge in [0.2, 0.25) is 0 Å². The molecular formula is C23H31N3O4. The molecule has 30 heavy (non-hydrogen) atoms. The standard InChI is InChI=1S/C23H31N3O4/c1-28-22-7-3-2-6-21(22)26-15-13-25(14-16-26)12-4-5-17-29-20-10-8-19(9-11-20)18-30-23(24)27/h2-3,6-11H,4-5,12-18H2,1H3,(H2,24,27). The van der Waals surface area contributed by atoms with E-state index < -0.39 is 6.09 Å². The van der Waals surface area contributed by atoms with E-state index in [1.54, 1.807) is 7.11 Å². The van der Waals surface area contributed by atoms with Gasteiger partial charge in [-0.2, -0.15) is 0 Å². The molecule has 0 spiro atoms. The maximum Gasteiger partial charge on any atom is 0.404 e. The number of methoxy groups -OCH3 is 1. The van der Waals surface area contributed by atoms with Crippen LogP contribution in [0.5, 0.6) is 11.5 Å². The second-order valence-corrected chi connectivity index (χ2v) is 7.31. The molecule has 7 nitrogen and oxygen atoms in total. The predicted octanol–water partition coefficient (Wildman–Crippen LogP) is 3.27. The first-order valence-corrected chi connectivity index (χ1v) is 10.4. The molecule has 0 aromatic heterocycles. The van der Waals surface area contributed by atoms with Gasteiger partial charge in [-0.25, -0.2) is 4.79 Å². The number of nitrogens with zero attached hydrogens (tertiary/aromatic N) is 2. The van der Waals surface area contributed by atoms with E-state index >= 15 is 0 Å². The van der Waals surface area contributed by atoms with Gasteiger partial charge in [0.15, 0.2) is 0 Å². The van der Waals surface area contributed by atoms with Crippen molar-refractivity contribution in [2.45, 2.75) is 19.4 Å². The first-order chi connectivity index (χ1) is 14.7. The van der Waals surface area contributed by atoms with E-state index in [4.69, 9.17) is 19.9 Å². The van der Waals surface area contributed by atoms with Gasteiger partial charge in [0.1, 0.15) is 18.1 Å². The number of primary amides is 1. The number of hydrogen-bond donors (Lipinski definition) is 1. The summed E-state index contributed by atoms with van der Waals surface area (Å²) >= 11 is 0. The van der Waals surface area contributed by atoms with Gasteiger partial charge >= 0.3 is 6.09 Å². The minimum Gasteiger partial charge on any atom is -0.495 e. The Hall–Kier alpha value is -2.93. The van der Waals surface area contributed by atoms with Crippen LogP contribution >= 0.6 is 0 Å². The van der Waals surface area contributed by atoms with E-state index in [9.17, 15) is 4.79 Å². The summed E-state index contributed by atoms with van der Waals surface area (Å²) in [6.07, 6.45) is 1.36. The highest BCUT2D eigenvalue weighted by Crippen LogP contribution is 2.28. The van der Waals surface area contributed by atoms with Crippen LogP contribution in [-0.4, -0.2) is 57.4 Å². The molecule has 1 aliphatic rings. The van der Waals surface area contributed by atoms with Gasteiger partial charge in [-0.3, -0.25) is 4.90 Å². The molecular weight excluding hydrogens is 382 g/mol. The number of piperazine rings is 1. The number of anilines is 1. The van der Waals surface area contributed by atoms with E-state index in [2.05, 4.69) is 21.9 Å². The molecule has 0 aliphatic carbocycles. The number of carbonyl (C=O) groups is 1. The largest absolute Gasteiger partial charge is 0.495 e. The van der Waals surface area contributed by atoms with Crippen LogP contribution in [-0.2, 0) is 11.3 Å². The first-order valence-electron chi connectivity index (χ1n) is 10.4. The molecule has 0 unspecified atom stereocenters. The van der Waals surface area contributed by atoms with Crippen molar-refractivity contribution in [1.82, 2.24) is 4.90 Å². The van der Waals surface area contributed by atoms with Crippen LogP contribution in [0.3, 0.4) is 0 Å². The minimum atomic E-state index is -0.767.